The number of amides is 1. The highest BCUT2D eigenvalue weighted by atomic mass is 16.1. The van der Waals surface area contributed by atoms with Crippen LogP contribution in [0.4, 0.5) is 5.69 Å². The number of aryl methyl sites for hydroxylation is 1. The van der Waals surface area contributed by atoms with E-state index in [2.05, 4.69) is 38.2 Å². The Morgan fingerprint density at radius 3 is 2.40 bits per heavy atom. The molecule has 112 valence electrons. The molecule has 0 fully saturated rings. The van der Waals surface area contributed by atoms with Gasteiger partial charge in [0.15, 0.2) is 0 Å². The summed E-state index contributed by atoms with van der Waals surface area (Å²) in [5, 5.41) is 2.95. The van der Waals surface area contributed by atoms with Gasteiger partial charge in [-0.15, -0.1) is 0 Å². The van der Waals surface area contributed by atoms with Gasteiger partial charge < -0.3 is 11.1 Å². The Balaban J connectivity index is 2.48. The minimum absolute atomic E-state index is 0.0596. The minimum Gasteiger partial charge on any atom is -0.330 e. The van der Waals surface area contributed by atoms with Crippen molar-refractivity contribution in [1.29, 1.82) is 0 Å². The third-order valence-corrected chi connectivity index (χ3v) is 3.39. The summed E-state index contributed by atoms with van der Waals surface area (Å²) < 4.78 is 0. The Bertz CT molecular complexity index is 398. The number of hydrogen-bond donors (Lipinski definition) is 2. The molecular weight excluding hydrogens is 248 g/mol. The molecular formula is C17H28N2O. The number of anilines is 1. The fraction of sp³-hybridized carbons (Fsp3) is 0.588. The number of carbonyl (C=O) groups excluding carboxylic acids is 1. The van der Waals surface area contributed by atoms with Crippen LogP contribution < -0.4 is 11.1 Å². The number of carbonyl (C=O) groups is 1. The van der Waals surface area contributed by atoms with E-state index in [1.807, 2.05) is 12.1 Å². The van der Waals surface area contributed by atoms with Gasteiger partial charge in [-0.3, -0.25) is 4.79 Å². The fourth-order valence-electron chi connectivity index (χ4n) is 2.45. The molecule has 1 amide bonds. The topological polar surface area (TPSA) is 55.1 Å². The summed E-state index contributed by atoms with van der Waals surface area (Å²) in [5.41, 5.74) is 7.92. The lowest BCUT2D eigenvalue weighted by molar-refractivity contribution is -0.117. The van der Waals surface area contributed by atoms with E-state index in [0.29, 0.717) is 18.9 Å². The van der Waals surface area contributed by atoms with Crippen molar-refractivity contribution in [2.75, 3.05) is 11.9 Å². The normalized spacial score (nSPS) is 12.4. The van der Waals surface area contributed by atoms with Crippen LogP contribution in [0.15, 0.2) is 24.3 Å². The van der Waals surface area contributed by atoms with Crippen LogP contribution >= 0.6 is 0 Å². The van der Waals surface area contributed by atoms with Gasteiger partial charge in [0.25, 0.3) is 0 Å². The maximum absolute atomic E-state index is 12.0. The van der Waals surface area contributed by atoms with Crippen molar-refractivity contribution in [3.05, 3.63) is 29.8 Å². The van der Waals surface area contributed by atoms with Crippen LogP contribution in [0.1, 0.15) is 45.6 Å². The molecule has 0 aliphatic rings. The van der Waals surface area contributed by atoms with E-state index in [1.54, 1.807) is 0 Å². The minimum atomic E-state index is 0.0596. The zero-order chi connectivity index (χ0) is 15.0. The van der Waals surface area contributed by atoms with Crippen molar-refractivity contribution in [3.8, 4) is 0 Å². The van der Waals surface area contributed by atoms with E-state index in [4.69, 9.17) is 5.73 Å². The lowest BCUT2D eigenvalue weighted by Gasteiger charge is -2.16. The molecule has 1 rings (SSSR count). The average Bonchev–Trinajstić information content (AvgIpc) is 2.40. The van der Waals surface area contributed by atoms with Crippen LogP contribution in [-0.4, -0.2) is 12.5 Å². The monoisotopic (exact) mass is 276 g/mol. The summed E-state index contributed by atoms with van der Waals surface area (Å²) in [7, 11) is 0. The molecule has 1 atom stereocenters. The number of benzene rings is 1. The molecule has 0 heterocycles. The molecule has 3 nitrogen and oxygen atoms in total. The van der Waals surface area contributed by atoms with Crippen molar-refractivity contribution in [2.45, 2.75) is 46.5 Å². The van der Waals surface area contributed by atoms with Gasteiger partial charge in [-0.2, -0.15) is 0 Å². The van der Waals surface area contributed by atoms with Crippen LogP contribution in [0.5, 0.6) is 0 Å². The molecule has 1 aromatic carbocycles. The summed E-state index contributed by atoms with van der Waals surface area (Å²) in [4.78, 5) is 12.0. The second kappa shape index (κ2) is 8.75. The lowest BCUT2D eigenvalue weighted by Crippen LogP contribution is -2.23. The van der Waals surface area contributed by atoms with Crippen molar-refractivity contribution in [1.82, 2.24) is 0 Å². The van der Waals surface area contributed by atoms with Gasteiger partial charge in [0.1, 0.15) is 0 Å². The smallest absolute Gasteiger partial charge is 0.224 e. The van der Waals surface area contributed by atoms with E-state index >= 15 is 0 Å². The first kappa shape index (κ1) is 16.7. The van der Waals surface area contributed by atoms with E-state index in [0.717, 1.165) is 24.9 Å². The fourth-order valence-corrected chi connectivity index (χ4v) is 2.45. The number of rotatable bonds is 8. The van der Waals surface area contributed by atoms with Gasteiger partial charge in [-0.1, -0.05) is 39.3 Å². The summed E-state index contributed by atoms with van der Waals surface area (Å²) >= 11 is 0. The van der Waals surface area contributed by atoms with Gasteiger partial charge in [0, 0.05) is 12.1 Å². The Hall–Kier alpha value is -1.35. The van der Waals surface area contributed by atoms with Crippen LogP contribution in [-0.2, 0) is 11.2 Å². The van der Waals surface area contributed by atoms with E-state index in [1.165, 1.54) is 5.56 Å². The maximum Gasteiger partial charge on any atom is 0.224 e. The molecule has 0 bridgehead atoms. The van der Waals surface area contributed by atoms with Crippen LogP contribution in [0, 0.1) is 11.8 Å². The third-order valence-electron chi connectivity index (χ3n) is 3.39. The molecule has 0 radical (unpaired) electrons. The molecule has 20 heavy (non-hydrogen) atoms. The first-order valence-electron chi connectivity index (χ1n) is 7.64. The molecule has 3 N–H and O–H groups in total. The molecule has 3 heteroatoms. The number of nitrogens with one attached hydrogen (secondary N) is 1. The van der Waals surface area contributed by atoms with Gasteiger partial charge in [-0.25, -0.2) is 0 Å². The van der Waals surface area contributed by atoms with Gasteiger partial charge in [-0.05, 0) is 48.9 Å². The molecule has 1 aromatic rings. The standard InChI is InChI=1S/C17H28N2O/c1-4-5-14-6-8-16(9-7-14)19-17(20)11-15(12-18)10-13(2)3/h6-9,13,15H,4-5,10-12,18H2,1-3H3,(H,19,20). The SMILES string of the molecule is CCCc1ccc(NC(=O)CC(CN)CC(C)C)cc1. The Morgan fingerprint density at radius 2 is 1.90 bits per heavy atom. The van der Waals surface area contributed by atoms with Crippen LogP contribution in [0.2, 0.25) is 0 Å². The quantitative estimate of drug-likeness (QED) is 0.762. The Labute approximate surface area is 122 Å². The van der Waals surface area contributed by atoms with E-state index in [9.17, 15) is 4.79 Å². The molecule has 0 saturated carbocycles. The average molecular weight is 276 g/mol. The van der Waals surface area contributed by atoms with E-state index < -0.39 is 0 Å². The van der Waals surface area contributed by atoms with Crippen LogP contribution in [0.3, 0.4) is 0 Å². The molecule has 0 spiro atoms. The van der Waals surface area contributed by atoms with Crippen LogP contribution in [0.25, 0.3) is 0 Å². The Morgan fingerprint density at radius 1 is 1.25 bits per heavy atom. The highest BCUT2D eigenvalue weighted by Crippen LogP contribution is 2.16. The summed E-state index contributed by atoms with van der Waals surface area (Å²) in [6.45, 7) is 7.05. The Kier molecular flexibility index (Phi) is 7.31. The van der Waals surface area contributed by atoms with E-state index in [-0.39, 0.29) is 11.8 Å². The molecule has 0 saturated heterocycles. The van der Waals surface area contributed by atoms with Crippen molar-refractivity contribution in [3.63, 3.8) is 0 Å². The highest BCUT2D eigenvalue weighted by Gasteiger charge is 2.14. The van der Waals surface area contributed by atoms with Gasteiger partial charge in [0.2, 0.25) is 5.91 Å². The lowest BCUT2D eigenvalue weighted by atomic mass is 9.94. The van der Waals surface area contributed by atoms with Crippen molar-refractivity contribution >= 4 is 11.6 Å². The zero-order valence-electron chi connectivity index (χ0n) is 13.0. The summed E-state index contributed by atoms with van der Waals surface area (Å²) in [6, 6.07) is 8.10. The maximum atomic E-state index is 12.0. The molecule has 0 aliphatic heterocycles. The summed E-state index contributed by atoms with van der Waals surface area (Å²) in [6.07, 6.45) is 3.72. The number of nitrogens with two attached hydrogens (primary N) is 1. The molecule has 1 unspecified atom stereocenters. The second-order valence-electron chi connectivity index (χ2n) is 5.93. The zero-order valence-corrected chi connectivity index (χ0v) is 13.0. The van der Waals surface area contributed by atoms with Crippen molar-refractivity contribution < 1.29 is 4.79 Å². The first-order chi connectivity index (χ1) is 9.55. The second-order valence-corrected chi connectivity index (χ2v) is 5.93. The predicted octanol–water partition coefficient (Wildman–Crippen LogP) is 3.59. The third kappa shape index (κ3) is 6.20. The van der Waals surface area contributed by atoms with Gasteiger partial charge >= 0.3 is 0 Å². The predicted molar refractivity (Wildman–Crippen MR) is 85.7 cm³/mol. The van der Waals surface area contributed by atoms with Crippen molar-refractivity contribution in [2.24, 2.45) is 17.6 Å². The first-order valence-corrected chi connectivity index (χ1v) is 7.64. The van der Waals surface area contributed by atoms with Gasteiger partial charge in [0.05, 0.1) is 0 Å². The molecule has 0 aromatic heterocycles. The largest absolute Gasteiger partial charge is 0.330 e. The molecule has 0 aliphatic carbocycles. The summed E-state index contributed by atoms with van der Waals surface area (Å²) in [5.74, 6) is 0.906. The highest BCUT2D eigenvalue weighted by molar-refractivity contribution is 5.90. The number of hydrogen-bond acceptors (Lipinski definition) is 2.